The van der Waals surface area contributed by atoms with Gasteiger partial charge in [0.2, 0.25) is 0 Å². The number of rotatable bonds is 2. The highest BCUT2D eigenvalue weighted by molar-refractivity contribution is 6.60. The molecule has 0 heterocycles. The predicted octanol–water partition coefficient (Wildman–Crippen LogP) is 4.85. The van der Waals surface area contributed by atoms with E-state index in [4.69, 9.17) is 46.4 Å². The molecular weight excluding hydrogens is 250 g/mol. The molecule has 1 atom stereocenters. The number of benzene rings is 1. The van der Waals surface area contributed by atoms with Crippen LogP contribution in [0.2, 0.25) is 0 Å². The van der Waals surface area contributed by atoms with Gasteiger partial charge in [-0.25, -0.2) is 0 Å². The highest BCUT2D eigenvalue weighted by atomic mass is 35.5. The first kappa shape index (κ1) is 11.2. The Hall–Kier alpha value is 0.120. The molecule has 0 saturated heterocycles. The Bertz CT molecular complexity index is 301. The lowest BCUT2D eigenvalue weighted by molar-refractivity contribution is 1.19. The molecular formula is C9H6Cl4. The van der Waals surface area contributed by atoms with Gasteiger partial charge in [-0.2, -0.15) is 0 Å². The van der Waals surface area contributed by atoms with Crippen molar-refractivity contribution in [1.82, 2.24) is 0 Å². The average molecular weight is 256 g/mol. The van der Waals surface area contributed by atoms with Gasteiger partial charge in [-0.3, -0.25) is 0 Å². The highest BCUT2D eigenvalue weighted by Gasteiger charge is 2.13. The van der Waals surface area contributed by atoms with Crippen LogP contribution in [0.15, 0.2) is 39.9 Å². The third-order valence-electron chi connectivity index (χ3n) is 1.50. The molecule has 4 heteroatoms. The van der Waals surface area contributed by atoms with Crippen LogP contribution in [-0.2, 0) is 0 Å². The Labute approximate surface area is 97.0 Å². The van der Waals surface area contributed by atoms with Crippen LogP contribution in [-0.4, -0.2) is 0 Å². The van der Waals surface area contributed by atoms with E-state index >= 15 is 0 Å². The Kier molecular flexibility index (Phi) is 4.40. The summed E-state index contributed by atoms with van der Waals surface area (Å²) in [6, 6.07) is 9.36. The quantitative estimate of drug-likeness (QED) is 0.663. The molecule has 0 aliphatic carbocycles. The minimum atomic E-state index is -0.479. The Balaban J connectivity index is 2.93. The zero-order valence-corrected chi connectivity index (χ0v) is 9.50. The van der Waals surface area contributed by atoms with Crippen LogP contribution in [0.5, 0.6) is 0 Å². The van der Waals surface area contributed by atoms with Crippen LogP contribution in [0, 0.1) is 0 Å². The lowest BCUT2D eigenvalue weighted by atomic mass is 10.1. The maximum Gasteiger partial charge on any atom is 0.123 e. The summed E-state index contributed by atoms with van der Waals surface area (Å²) in [6.45, 7) is 0. The maximum absolute atomic E-state index is 5.99. The van der Waals surface area contributed by atoms with E-state index in [0.29, 0.717) is 0 Å². The average Bonchev–Trinajstić information content (AvgIpc) is 2.17. The molecule has 70 valence electrons. The summed E-state index contributed by atoms with van der Waals surface area (Å²) < 4.78 is 0.00511. The van der Waals surface area contributed by atoms with Gasteiger partial charge >= 0.3 is 0 Å². The molecule has 0 nitrogen and oxygen atoms in total. The minimum Gasteiger partial charge on any atom is -0.112 e. The van der Waals surface area contributed by atoms with E-state index < -0.39 is 5.38 Å². The van der Waals surface area contributed by atoms with Gasteiger partial charge in [0.05, 0.1) is 10.4 Å². The molecule has 0 aromatic heterocycles. The van der Waals surface area contributed by atoms with E-state index in [2.05, 4.69) is 0 Å². The molecule has 13 heavy (non-hydrogen) atoms. The molecule has 0 unspecified atom stereocenters. The molecule has 0 radical (unpaired) electrons. The summed E-state index contributed by atoms with van der Waals surface area (Å²) in [4.78, 5) is 0. The highest BCUT2D eigenvalue weighted by Crippen LogP contribution is 2.35. The molecule has 0 spiro atoms. The largest absolute Gasteiger partial charge is 0.123 e. The fraction of sp³-hybridized carbons (Fsp3) is 0.111. The van der Waals surface area contributed by atoms with Gasteiger partial charge in [0, 0.05) is 0 Å². The molecule has 0 bridgehead atoms. The Morgan fingerprint density at radius 2 is 1.54 bits per heavy atom. The first-order valence-electron chi connectivity index (χ1n) is 3.52. The van der Waals surface area contributed by atoms with E-state index in [0.717, 1.165) is 5.56 Å². The zero-order valence-electron chi connectivity index (χ0n) is 6.48. The molecule has 0 aliphatic rings. The van der Waals surface area contributed by atoms with Crippen molar-refractivity contribution >= 4 is 46.4 Å². The second-order valence-corrected chi connectivity index (χ2v) is 4.17. The molecule has 0 aliphatic heterocycles. The minimum absolute atomic E-state index is 0.00511. The third-order valence-corrected chi connectivity index (χ3v) is 3.09. The van der Waals surface area contributed by atoms with Crippen molar-refractivity contribution in [1.29, 1.82) is 0 Å². The zero-order chi connectivity index (χ0) is 9.84. The van der Waals surface area contributed by atoms with Crippen molar-refractivity contribution in [3.63, 3.8) is 0 Å². The van der Waals surface area contributed by atoms with E-state index in [1.54, 1.807) is 0 Å². The van der Waals surface area contributed by atoms with Gasteiger partial charge in [-0.1, -0.05) is 65.1 Å². The monoisotopic (exact) mass is 254 g/mol. The van der Waals surface area contributed by atoms with Gasteiger partial charge in [0.15, 0.2) is 0 Å². The summed E-state index contributed by atoms with van der Waals surface area (Å²) in [6.07, 6.45) is 0. The number of halogens is 4. The number of hydrogen-bond acceptors (Lipinski definition) is 0. The van der Waals surface area contributed by atoms with Crippen LogP contribution in [0.25, 0.3) is 0 Å². The van der Waals surface area contributed by atoms with Crippen LogP contribution in [0.3, 0.4) is 0 Å². The Morgan fingerprint density at radius 1 is 1.00 bits per heavy atom. The molecule has 0 N–H and O–H groups in total. The standard InChI is InChI=1S/C9H6Cl4/c10-7(8(11)9(12)13)6-4-2-1-3-5-6/h1-5,7H/t7-/m0/s1. The van der Waals surface area contributed by atoms with Crippen molar-refractivity contribution in [3.8, 4) is 0 Å². The number of alkyl halides is 1. The molecule has 0 saturated carbocycles. The Morgan fingerprint density at radius 3 is 2.00 bits per heavy atom. The lowest BCUT2D eigenvalue weighted by Gasteiger charge is -2.07. The van der Waals surface area contributed by atoms with Crippen LogP contribution < -0.4 is 0 Å². The molecule has 0 amide bonds. The summed E-state index contributed by atoms with van der Waals surface area (Å²) >= 11 is 22.8. The predicted molar refractivity (Wildman–Crippen MR) is 59.6 cm³/mol. The van der Waals surface area contributed by atoms with Crippen LogP contribution in [0.1, 0.15) is 10.9 Å². The van der Waals surface area contributed by atoms with Gasteiger partial charge < -0.3 is 0 Å². The van der Waals surface area contributed by atoms with E-state index in [1.807, 2.05) is 30.3 Å². The SMILES string of the molecule is ClC(Cl)=C(Cl)[C@@H](Cl)c1ccccc1. The fourth-order valence-electron chi connectivity index (χ4n) is 0.864. The molecule has 1 aromatic rings. The van der Waals surface area contributed by atoms with Crippen LogP contribution in [0.4, 0.5) is 0 Å². The van der Waals surface area contributed by atoms with Gasteiger partial charge in [0.1, 0.15) is 4.49 Å². The van der Waals surface area contributed by atoms with Gasteiger partial charge in [-0.05, 0) is 5.56 Å². The number of hydrogen-bond donors (Lipinski definition) is 0. The van der Waals surface area contributed by atoms with Crippen molar-refractivity contribution in [2.75, 3.05) is 0 Å². The topological polar surface area (TPSA) is 0 Å². The van der Waals surface area contributed by atoms with Crippen molar-refractivity contribution in [2.45, 2.75) is 5.38 Å². The molecule has 1 rings (SSSR count). The second-order valence-electron chi connectivity index (χ2n) is 2.38. The normalized spacial score (nSPS) is 12.3. The first-order valence-corrected chi connectivity index (χ1v) is 5.09. The van der Waals surface area contributed by atoms with Crippen LogP contribution >= 0.6 is 46.4 Å². The summed E-state index contributed by atoms with van der Waals surface area (Å²) in [5.74, 6) is 0. The van der Waals surface area contributed by atoms with Gasteiger partial charge in [0.25, 0.3) is 0 Å². The summed E-state index contributed by atoms with van der Waals surface area (Å²) in [5.41, 5.74) is 0.868. The fourth-order valence-corrected chi connectivity index (χ4v) is 1.57. The van der Waals surface area contributed by atoms with Crippen molar-refractivity contribution in [3.05, 3.63) is 45.4 Å². The van der Waals surface area contributed by atoms with Crippen molar-refractivity contribution < 1.29 is 0 Å². The number of allylic oxidation sites excluding steroid dienone is 1. The van der Waals surface area contributed by atoms with E-state index in [1.165, 1.54) is 0 Å². The van der Waals surface area contributed by atoms with E-state index in [-0.39, 0.29) is 9.52 Å². The maximum atomic E-state index is 5.99. The summed E-state index contributed by atoms with van der Waals surface area (Å²) in [7, 11) is 0. The second kappa shape index (κ2) is 5.11. The smallest absolute Gasteiger partial charge is 0.112 e. The first-order chi connectivity index (χ1) is 6.13. The van der Waals surface area contributed by atoms with E-state index in [9.17, 15) is 0 Å². The molecule has 0 fully saturated rings. The summed E-state index contributed by atoms with van der Waals surface area (Å²) in [5, 5.41) is -0.232. The van der Waals surface area contributed by atoms with Crippen molar-refractivity contribution in [2.24, 2.45) is 0 Å². The molecule has 1 aromatic carbocycles. The third kappa shape index (κ3) is 3.07. The van der Waals surface area contributed by atoms with Gasteiger partial charge in [-0.15, -0.1) is 11.6 Å². The lowest BCUT2D eigenvalue weighted by Crippen LogP contribution is -1.89.